The summed E-state index contributed by atoms with van der Waals surface area (Å²) in [5.74, 6) is -6.76. The van der Waals surface area contributed by atoms with Crippen molar-refractivity contribution < 1.29 is 34.2 Å². The van der Waals surface area contributed by atoms with Crippen LogP contribution in [-0.4, -0.2) is 71.4 Å². The van der Waals surface area contributed by atoms with E-state index < -0.39 is 63.0 Å². The minimum Gasteiger partial charge on any atom is -0.507 e. The summed E-state index contributed by atoms with van der Waals surface area (Å²) in [4.78, 5) is 63.8. The van der Waals surface area contributed by atoms with Gasteiger partial charge in [-0.3, -0.25) is 33.8 Å². The number of carboxylic acids is 1. The fourth-order valence-corrected chi connectivity index (χ4v) is 8.57. The van der Waals surface area contributed by atoms with Crippen molar-refractivity contribution >= 4 is 79.5 Å². The van der Waals surface area contributed by atoms with Crippen LogP contribution < -0.4 is 0 Å². The number of rotatable bonds is 5. The third kappa shape index (κ3) is 3.42. The predicted octanol–water partition coefficient (Wildman–Crippen LogP) is 3.73. The van der Waals surface area contributed by atoms with E-state index in [4.69, 9.17) is 28.3 Å². The van der Waals surface area contributed by atoms with Gasteiger partial charge in [-0.25, -0.2) is 0 Å². The summed E-state index contributed by atoms with van der Waals surface area (Å²) in [5.41, 5.74) is 1.05. The molecule has 2 aliphatic carbocycles. The van der Waals surface area contributed by atoms with Crippen LogP contribution in [0.1, 0.15) is 30.7 Å². The van der Waals surface area contributed by atoms with Gasteiger partial charge in [-0.1, -0.05) is 57.9 Å². The van der Waals surface area contributed by atoms with Gasteiger partial charge < -0.3 is 10.2 Å². The topological polar surface area (TPSA) is 132 Å². The lowest BCUT2D eigenvalue weighted by Crippen LogP contribution is -2.60. The second-order valence-electron chi connectivity index (χ2n) is 10.7. The molecule has 9 nitrogen and oxygen atoms in total. The molecular formula is C28H23BrCl2N2O7. The zero-order valence-corrected chi connectivity index (χ0v) is 23.9. The zero-order valence-electron chi connectivity index (χ0n) is 20.9. The van der Waals surface area contributed by atoms with Gasteiger partial charge >= 0.3 is 5.97 Å². The van der Waals surface area contributed by atoms with Gasteiger partial charge in [-0.05, 0) is 35.8 Å². The van der Waals surface area contributed by atoms with Crippen LogP contribution in [0.3, 0.4) is 0 Å². The molecule has 0 bridgehead atoms. The first-order chi connectivity index (χ1) is 19.0. The number of hydrogen-bond acceptors (Lipinski definition) is 6. The Bertz CT molecular complexity index is 1560. The largest absolute Gasteiger partial charge is 0.507 e. The molecule has 6 atom stereocenters. The number of imide groups is 2. The molecule has 12 heteroatoms. The van der Waals surface area contributed by atoms with Crippen molar-refractivity contribution in [3.8, 4) is 5.75 Å². The monoisotopic (exact) mass is 648 g/mol. The number of allylic oxidation sites excluding steroid dienone is 2. The van der Waals surface area contributed by atoms with Gasteiger partial charge in [0.05, 0.1) is 23.7 Å². The van der Waals surface area contributed by atoms with Crippen LogP contribution in [-0.2, 0) is 24.0 Å². The maximum Gasteiger partial charge on any atom is 0.305 e. The molecule has 2 aromatic carbocycles. The summed E-state index contributed by atoms with van der Waals surface area (Å²) in [6, 6.07) is 10.2. The van der Waals surface area contributed by atoms with Gasteiger partial charge in [-0.15, -0.1) is 23.2 Å². The van der Waals surface area contributed by atoms with Crippen molar-refractivity contribution in [2.24, 2.45) is 17.8 Å². The Balaban J connectivity index is 1.56. The number of halogens is 3. The van der Waals surface area contributed by atoms with E-state index in [1.54, 1.807) is 30.3 Å². The van der Waals surface area contributed by atoms with Crippen LogP contribution in [0.15, 0.2) is 48.0 Å². The standard InChI is InChI=1S/C28H23BrCl2N2O7/c29-12-33-25(39)27(30)11-18-16(5-6-17-21(18)24(38)32(23(17)37)10-9-20(35)36)22(28(27,31)26(33)40)15-7-8-19(34)14-4-2-1-3-13(14)15/h1-5,7-8,17-18,21-22,34H,6,9-12H2,(H,35,36)/t17-,18+,21-,22-,27+,28-/m0/s1. The molecule has 2 saturated heterocycles. The highest BCUT2D eigenvalue weighted by molar-refractivity contribution is 9.09. The number of amides is 4. The second kappa shape index (κ2) is 9.29. The highest BCUT2D eigenvalue weighted by Crippen LogP contribution is 2.66. The van der Waals surface area contributed by atoms with E-state index in [0.29, 0.717) is 21.9 Å². The lowest BCUT2D eigenvalue weighted by atomic mass is 9.56. The smallest absolute Gasteiger partial charge is 0.305 e. The molecule has 40 heavy (non-hydrogen) atoms. The van der Waals surface area contributed by atoms with Crippen LogP contribution in [0.5, 0.6) is 5.75 Å². The molecule has 6 rings (SSSR count). The number of carbonyl (C=O) groups excluding carboxylic acids is 4. The first-order valence-electron chi connectivity index (χ1n) is 12.7. The predicted molar refractivity (Wildman–Crippen MR) is 148 cm³/mol. The third-order valence-electron chi connectivity index (χ3n) is 8.90. The maximum atomic E-state index is 13.9. The molecule has 4 amide bonds. The molecular weight excluding hydrogens is 627 g/mol. The molecule has 2 N–H and O–H groups in total. The lowest BCUT2D eigenvalue weighted by molar-refractivity contribution is -0.143. The number of nitrogens with zero attached hydrogens (tertiary/aromatic N) is 2. The number of carbonyl (C=O) groups is 5. The fraction of sp³-hybridized carbons (Fsp3) is 0.393. The molecule has 2 aliphatic heterocycles. The van der Waals surface area contributed by atoms with E-state index in [2.05, 4.69) is 15.9 Å². The van der Waals surface area contributed by atoms with Crippen LogP contribution in [0.4, 0.5) is 0 Å². The maximum absolute atomic E-state index is 13.9. The van der Waals surface area contributed by atoms with Gasteiger partial charge in [0, 0.05) is 17.8 Å². The first kappa shape index (κ1) is 27.2. The Kier molecular flexibility index (Phi) is 6.32. The summed E-state index contributed by atoms with van der Waals surface area (Å²) in [6.07, 6.45) is 1.46. The number of aromatic hydroxyl groups is 1. The summed E-state index contributed by atoms with van der Waals surface area (Å²) < 4.78 is 0. The summed E-state index contributed by atoms with van der Waals surface area (Å²) in [5, 5.41) is 20.8. The van der Waals surface area contributed by atoms with Crippen molar-refractivity contribution in [1.82, 2.24) is 9.80 Å². The van der Waals surface area contributed by atoms with Crippen molar-refractivity contribution in [2.45, 2.75) is 34.9 Å². The van der Waals surface area contributed by atoms with E-state index in [9.17, 15) is 29.1 Å². The molecule has 0 aromatic heterocycles. The number of carboxylic acid groups (broad SMARTS) is 1. The number of benzene rings is 2. The average Bonchev–Trinajstić information content (AvgIpc) is 3.26. The normalized spacial score (nSPS) is 33.2. The third-order valence-corrected chi connectivity index (χ3v) is 10.8. The Morgan fingerprint density at radius 3 is 2.35 bits per heavy atom. The van der Waals surface area contributed by atoms with Gasteiger partial charge in [0.1, 0.15) is 5.75 Å². The number of aliphatic carboxylic acids is 1. The second-order valence-corrected chi connectivity index (χ2v) is 12.4. The Hall–Kier alpha value is -2.95. The quantitative estimate of drug-likeness (QED) is 0.218. The molecule has 2 aromatic rings. The van der Waals surface area contributed by atoms with Crippen molar-refractivity contribution in [1.29, 1.82) is 0 Å². The first-order valence-corrected chi connectivity index (χ1v) is 14.6. The van der Waals surface area contributed by atoms with Crippen LogP contribution in [0.25, 0.3) is 10.8 Å². The highest BCUT2D eigenvalue weighted by atomic mass is 79.9. The number of alkyl halides is 3. The molecule has 0 unspecified atom stereocenters. The molecule has 1 saturated carbocycles. The van der Waals surface area contributed by atoms with Crippen LogP contribution in [0, 0.1) is 17.8 Å². The van der Waals surface area contributed by atoms with Crippen LogP contribution >= 0.6 is 39.1 Å². The lowest BCUT2D eigenvalue weighted by Gasteiger charge is -2.51. The number of phenols is 1. The number of phenolic OH excluding ortho intramolecular Hbond substituents is 1. The summed E-state index contributed by atoms with van der Waals surface area (Å²) >= 11 is 17.7. The average molecular weight is 650 g/mol. The van der Waals surface area contributed by atoms with E-state index in [0.717, 1.165) is 9.80 Å². The highest BCUT2D eigenvalue weighted by Gasteiger charge is 2.76. The minimum atomic E-state index is -1.96. The minimum absolute atomic E-state index is 0.0201. The molecule has 0 radical (unpaired) electrons. The Morgan fingerprint density at radius 1 is 0.975 bits per heavy atom. The zero-order chi connectivity index (χ0) is 28.7. The van der Waals surface area contributed by atoms with Gasteiger partial charge in [-0.2, -0.15) is 0 Å². The van der Waals surface area contributed by atoms with Crippen molar-refractivity contribution in [2.75, 3.05) is 12.0 Å². The molecule has 3 fully saturated rings. The molecule has 0 spiro atoms. The Morgan fingerprint density at radius 2 is 1.68 bits per heavy atom. The number of hydrogen-bond donors (Lipinski definition) is 2. The van der Waals surface area contributed by atoms with E-state index >= 15 is 0 Å². The summed E-state index contributed by atoms with van der Waals surface area (Å²) in [6.45, 7) is -0.256. The van der Waals surface area contributed by atoms with Crippen molar-refractivity contribution in [3.63, 3.8) is 0 Å². The van der Waals surface area contributed by atoms with E-state index in [-0.39, 0.29) is 37.0 Å². The molecule has 208 valence electrons. The van der Waals surface area contributed by atoms with Crippen molar-refractivity contribution in [3.05, 3.63) is 53.6 Å². The van der Waals surface area contributed by atoms with Gasteiger partial charge in [0.15, 0.2) is 9.75 Å². The Labute approximate surface area is 246 Å². The SMILES string of the molecule is O=C(O)CCN1C(=O)[C@H]2[C@H](CC=C3[C@H]2C[C@@]2(Cl)C(=O)N(CBr)C(=O)[C@@]2(Cl)[C@H]3c2ccc(O)c3ccccc23)C1=O. The fourth-order valence-electron chi connectivity index (χ4n) is 7.15. The van der Waals surface area contributed by atoms with Gasteiger partial charge in [0.2, 0.25) is 11.8 Å². The van der Waals surface area contributed by atoms with E-state index in [1.807, 2.05) is 6.08 Å². The van der Waals surface area contributed by atoms with Crippen LogP contribution in [0.2, 0.25) is 0 Å². The van der Waals surface area contributed by atoms with E-state index in [1.165, 1.54) is 6.07 Å². The molecule has 4 aliphatic rings. The summed E-state index contributed by atoms with van der Waals surface area (Å²) in [7, 11) is 0. The number of likely N-dealkylation sites (tertiary alicyclic amines) is 2. The number of fused-ring (bicyclic) bond motifs is 5. The molecule has 2 heterocycles. The van der Waals surface area contributed by atoms with Gasteiger partial charge in [0.25, 0.3) is 11.8 Å².